The second-order valence-electron chi connectivity index (χ2n) is 6.12. The van der Waals surface area contributed by atoms with Gasteiger partial charge >= 0.3 is 0 Å². The Labute approximate surface area is 116 Å². The minimum Gasteiger partial charge on any atom is -0.340 e. The summed E-state index contributed by atoms with van der Waals surface area (Å²) in [4.78, 5) is 14.4. The molecule has 104 valence electrons. The van der Waals surface area contributed by atoms with Crippen LogP contribution in [-0.2, 0) is 10.2 Å². The SMILES string of the molecule is CC1CN(C(=O)CC(C)(C)c2ccccc2)CCN1. The summed E-state index contributed by atoms with van der Waals surface area (Å²) in [5.41, 5.74) is 1.12. The lowest BCUT2D eigenvalue weighted by atomic mass is 9.81. The van der Waals surface area contributed by atoms with E-state index in [4.69, 9.17) is 0 Å². The van der Waals surface area contributed by atoms with E-state index in [2.05, 4.69) is 38.2 Å². The Kier molecular flexibility index (Phi) is 4.25. The topological polar surface area (TPSA) is 32.3 Å². The number of carbonyl (C=O) groups excluding carboxylic acids is 1. The van der Waals surface area contributed by atoms with Gasteiger partial charge in [-0.25, -0.2) is 0 Å². The van der Waals surface area contributed by atoms with Crippen molar-refractivity contribution in [2.75, 3.05) is 19.6 Å². The van der Waals surface area contributed by atoms with Crippen LogP contribution in [0.4, 0.5) is 0 Å². The van der Waals surface area contributed by atoms with Crippen molar-refractivity contribution in [1.82, 2.24) is 10.2 Å². The maximum atomic E-state index is 12.4. The highest BCUT2D eigenvalue weighted by Gasteiger charge is 2.28. The third-order valence-electron chi connectivity index (χ3n) is 3.87. The molecule has 1 heterocycles. The van der Waals surface area contributed by atoms with Crippen LogP contribution in [0.15, 0.2) is 30.3 Å². The number of piperazine rings is 1. The van der Waals surface area contributed by atoms with Gasteiger partial charge in [0.2, 0.25) is 5.91 Å². The predicted octanol–water partition coefficient (Wildman–Crippen LogP) is 2.17. The summed E-state index contributed by atoms with van der Waals surface area (Å²) in [5, 5.41) is 3.37. The summed E-state index contributed by atoms with van der Waals surface area (Å²) in [6.07, 6.45) is 0.573. The third kappa shape index (κ3) is 3.57. The van der Waals surface area contributed by atoms with Crippen LogP contribution in [0, 0.1) is 0 Å². The third-order valence-corrected chi connectivity index (χ3v) is 3.87. The van der Waals surface area contributed by atoms with E-state index in [1.807, 2.05) is 23.1 Å². The van der Waals surface area contributed by atoms with Crippen molar-refractivity contribution < 1.29 is 4.79 Å². The van der Waals surface area contributed by atoms with Gasteiger partial charge in [-0.1, -0.05) is 44.2 Å². The lowest BCUT2D eigenvalue weighted by molar-refractivity contribution is -0.133. The maximum Gasteiger partial charge on any atom is 0.223 e. The molecule has 0 spiro atoms. The summed E-state index contributed by atoms with van der Waals surface area (Å²) in [6, 6.07) is 10.7. The highest BCUT2D eigenvalue weighted by molar-refractivity contribution is 5.78. The fourth-order valence-electron chi connectivity index (χ4n) is 2.64. The van der Waals surface area contributed by atoms with Gasteiger partial charge in [0, 0.05) is 32.1 Å². The second-order valence-corrected chi connectivity index (χ2v) is 6.12. The molecule has 1 aliphatic rings. The first kappa shape index (κ1) is 14.1. The monoisotopic (exact) mass is 260 g/mol. The van der Waals surface area contributed by atoms with Gasteiger partial charge in [0.25, 0.3) is 0 Å². The Bertz CT molecular complexity index is 428. The van der Waals surface area contributed by atoms with E-state index < -0.39 is 0 Å². The fraction of sp³-hybridized carbons (Fsp3) is 0.562. The summed E-state index contributed by atoms with van der Waals surface area (Å²) in [5.74, 6) is 0.266. The summed E-state index contributed by atoms with van der Waals surface area (Å²) >= 11 is 0. The summed E-state index contributed by atoms with van der Waals surface area (Å²) in [7, 11) is 0. The fourth-order valence-corrected chi connectivity index (χ4v) is 2.64. The smallest absolute Gasteiger partial charge is 0.223 e. The number of hydrogen-bond acceptors (Lipinski definition) is 2. The zero-order valence-corrected chi connectivity index (χ0v) is 12.1. The van der Waals surface area contributed by atoms with Crippen LogP contribution >= 0.6 is 0 Å². The zero-order chi connectivity index (χ0) is 13.9. The van der Waals surface area contributed by atoms with Crippen molar-refractivity contribution in [2.45, 2.75) is 38.6 Å². The van der Waals surface area contributed by atoms with E-state index in [0.717, 1.165) is 19.6 Å². The molecule has 1 saturated heterocycles. The quantitative estimate of drug-likeness (QED) is 0.903. The van der Waals surface area contributed by atoms with Gasteiger partial charge < -0.3 is 10.2 Å². The summed E-state index contributed by atoms with van der Waals surface area (Å²) < 4.78 is 0. The van der Waals surface area contributed by atoms with Crippen LogP contribution in [0.1, 0.15) is 32.8 Å². The van der Waals surface area contributed by atoms with E-state index in [0.29, 0.717) is 12.5 Å². The number of nitrogens with zero attached hydrogens (tertiary/aromatic N) is 1. The predicted molar refractivity (Wildman–Crippen MR) is 78.1 cm³/mol. The van der Waals surface area contributed by atoms with Crippen molar-refractivity contribution >= 4 is 5.91 Å². The normalized spacial score (nSPS) is 20.4. The first-order valence-electron chi connectivity index (χ1n) is 7.06. The Morgan fingerprint density at radius 2 is 2.05 bits per heavy atom. The van der Waals surface area contributed by atoms with E-state index in [1.54, 1.807) is 0 Å². The molecule has 1 N–H and O–H groups in total. The highest BCUT2D eigenvalue weighted by atomic mass is 16.2. The molecule has 19 heavy (non-hydrogen) atoms. The Balaban J connectivity index is 2.01. The molecule has 1 unspecified atom stereocenters. The molecule has 1 aromatic rings. The lowest BCUT2D eigenvalue weighted by Crippen LogP contribution is -2.52. The van der Waals surface area contributed by atoms with Crippen molar-refractivity contribution in [1.29, 1.82) is 0 Å². The number of carbonyl (C=O) groups is 1. The van der Waals surface area contributed by atoms with Gasteiger partial charge in [0.05, 0.1) is 0 Å². The number of benzene rings is 1. The molecule has 0 aromatic heterocycles. The van der Waals surface area contributed by atoms with Crippen LogP contribution < -0.4 is 5.32 Å². The van der Waals surface area contributed by atoms with Gasteiger partial charge in [-0.05, 0) is 17.9 Å². The van der Waals surface area contributed by atoms with Crippen molar-refractivity contribution in [3.05, 3.63) is 35.9 Å². The van der Waals surface area contributed by atoms with E-state index in [-0.39, 0.29) is 11.3 Å². The average Bonchev–Trinajstić information content (AvgIpc) is 2.39. The van der Waals surface area contributed by atoms with E-state index >= 15 is 0 Å². The largest absolute Gasteiger partial charge is 0.340 e. The minimum absolute atomic E-state index is 0.105. The van der Waals surface area contributed by atoms with Gasteiger partial charge in [-0.2, -0.15) is 0 Å². The molecule has 0 saturated carbocycles. The Morgan fingerprint density at radius 3 is 2.68 bits per heavy atom. The average molecular weight is 260 g/mol. The molecular weight excluding hydrogens is 236 g/mol. The molecule has 1 atom stereocenters. The Hall–Kier alpha value is -1.35. The van der Waals surface area contributed by atoms with Gasteiger partial charge in [0.15, 0.2) is 0 Å². The van der Waals surface area contributed by atoms with Gasteiger partial charge in [0.1, 0.15) is 0 Å². The first-order valence-corrected chi connectivity index (χ1v) is 7.06. The lowest BCUT2D eigenvalue weighted by Gasteiger charge is -2.34. The number of rotatable bonds is 3. The molecule has 1 aliphatic heterocycles. The molecule has 1 aromatic carbocycles. The van der Waals surface area contributed by atoms with Crippen LogP contribution in [-0.4, -0.2) is 36.5 Å². The van der Waals surface area contributed by atoms with Crippen molar-refractivity contribution in [3.63, 3.8) is 0 Å². The highest BCUT2D eigenvalue weighted by Crippen LogP contribution is 2.27. The van der Waals surface area contributed by atoms with Gasteiger partial charge in [-0.15, -0.1) is 0 Å². The van der Waals surface area contributed by atoms with Gasteiger partial charge in [-0.3, -0.25) is 4.79 Å². The second kappa shape index (κ2) is 5.74. The van der Waals surface area contributed by atoms with Crippen LogP contribution in [0.2, 0.25) is 0 Å². The molecule has 3 heteroatoms. The van der Waals surface area contributed by atoms with Crippen LogP contribution in [0.25, 0.3) is 0 Å². The standard InChI is InChI=1S/C16H24N2O/c1-13-12-18(10-9-17-13)15(19)11-16(2,3)14-7-5-4-6-8-14/h4-8,13,17H,9-12H2,1-3H3. The molecule has 0 aliphatic carbocycles. The molecule has 3 nitrogen and oxygen atoms in total. The number of amides is 1. The van der Waals surface area contributed by atoms with Crippen LogP contribution in [0.5, 0.6) is 0 Å². The van der Waals surface area contributed by atoms with Crippen molar-refractivity contribution in [2.24, 2.45) is 0 Å². The Morgan fingerprint density at radius 1 is 1.37 bits per heavy atom. The van der Waals surface area contributed by atoms with Crippen molar-refractivity contribution in [3.8, 4) is 0 Å². The molecule has 1 amide bonds. The maximum absolute atomic E-state index is 12.4. The molecular formula is C16H24N2O. The summed E-state index contributed by atoms with van der Waals surface area (Å²) in [6.45, 7) is 8.97. The number of nitrogens with one attached hydrogen (secondary N) is 1. The van der Waals surface area contributed by atoms with Crippen LogP contribution in [0.3, 0.4) is 0 Å². The van der Waals surface area contributed by atoms with E-state index in [9.17, 15) is 4.79 Å². The zero-order valence-electron chi connectivity index (χ0n) is 12.1. The first-order chi connectivity index (χ1) is 8.99. The number of hydrogen-bond donors (Lipinski definition) is 1. The molecule has 0 radical (unpaired) electrons. The molecule has 1 fully saturated rings. The minimum atomic E-state index is -0.105. The van der Waals surface area contributed by atoms with E-state index in [1.165, 1.54) is 5.56 Å². The molecule has 0 bridgehead atoms. The molecule has 2 rings (SSSR count).